The largest absolute Gasteiger partial charge is 0.352 e. The van der Waals surface area contributed by atoms with Crippen LogP contribution in [0.3, 0.4) is 0 Å². The number of rotatable bonds is 6. The van der Waals surface area contributed by atoms with E-state index in [1.807, 2.05) is 12.1 Å². The summed E-state index contributed by atoms with van der Waals surface area (Å²) in [6.07, 6.45) is 0.982. The Bertz CT molecular complexity index is 813. The van der Waals surface area contributed by atoms with Crippen molar-refractivity contribution in [1.29, 1.82) is 0 Å². The van der Waals surface area contributed by atoms with Gasteiger partial charge in [0.15, 0.2) is 5.96 Å². The smallest absolute Gasteiger partial charge is 0.247 e. The minimum Gasteiger partial charge on any atom is -0.352 e. The molecule has 8 heteroatoms. The van der Waals surface area contributed by atoms with Gasteiger partial charge < -0.3 is 10.6 Å². The average Bonchev–Trinajstić information content (AvgIpc) is 3.04. The van der Waals surface area contributed by atoms with Gasteiger partial charge >= 0.3 is 0 Å². The number of nitrogens with zero attached hydrogens (tertiary/aromatic N) is 1. The molecule has 1 heterocycles. The number of thiophene rings is 1. The van der Waals surface area contributed by atoms with Crippen molar-refractivity contribution in [1.82, 2.24) is 10.6 Å². The number of hydrogen-bond acceptors (Lipinski definition) is 4. The van der Waals surface area contributed by atoms with Crippen molar-refractivity contribution in [3.8, 4) is 0 Å². The highest BCUT2D eigenvalue weighted by atomic mass is 32.2. The molecule has 0 spiro atoms. The van der Waals surface area contributed by atoms with E-state index >= 15 is 0 Å². The second-order valence-corrected chi connectivity index (χ2v) is 8.12. The average molecular weight is 367 g/mol. The highest BCUT2D eigenvalue weighted by molar-refractivity contribution is 7.91. The Labute approximate surface area is 146 Å². The highest BCUT2D eigenvalue weighted by Gasteiger charge is 2.11. The van der Waals surface area contributed by atoms with Gasteiger partial charge in [0.1, 0.15) is 4.21 Å². The summed E-state index contributed by atoms with van der Waals surface area (Å²) in [6.45, 7) is 3.29. The fraction of sp³-hybridized carbons (Fsp3) is 0.312. The van der Waals surface area contributed by atoms with Crippen molar-refractivity contribution in [2.24, 2.45) is 10.1 Å². The molecule has 0 unspecified atom stereocenters. The molecule has 6 nitrogen and oxygen atoms in total. The summed E-state index contributed by atoms with van der Waals surface area (Å²) < 4.78 is 22.7. The second kappa shape index (κ2) is 8.27. The molecule has 4 N–H and O–H groups in total. The molecule has 0 bridgehead atoms. The van der Waals surface area contributed by atoms with Crippen molar-refractivity contribution < 1.29 is 8.42 Å². The van der Waals surface area contributed by atoms with Crippen molar-refractivity contribution in [3.63, 3.8) is 0 Å². The summed E-state index contributed by atoms with van der Waals surface area (Å²) in [5.41, 5.74) is 2.53. The van der Waals surface area contributed by atoms with Gasteiger partial charge in [-0.25, -0.2) is 13.6 Å². The van der Waals surface area contributed by atoms with Crippen LogP contribution in [-0.2, 0) is 29.5 Å². The lowest BCUT2D eigenvalue weighted by atomic mass is 10.1. The first-order valence-electron chi connectivity index (χ1n) is 7.57. The summed E-state index contributed by atoms with van der Waals surface area (Å²) in [7, 11) is -1.94. The van der Waals surface area contributed by atoms with Crippen molar-refractivity contribution in [2.75, 3.05) is 7.05 Å². The Balaban J connectivity index is 1.92. The molecule has 24 heavy (non-hydrogen) atoms. The Morgan fingerprint density at radius 1 is 1.12 bits per heavy atom. The number of aryl methyl sites for hydroxylation is 1. The zero-order valence-electron chi connectivity index (χ0n) is 13.7. The van der Waals surface area contributed by atoms with Crippen LogP contribution in [0.2, 0.25) is 0 Å². The zero-order valence-corrected chi connectivity index (χ0v) is 15.4. The predicted octanol–water partition coefficient (Wildman–Crippen LogP) is 1.82. The quantitative estimate of drug-likeness (QED) is 0.537. The number of aliphatic imine (C=N–C) groups is 1. The lowest BCUT2D eigenvalue weighted by Gasteiger charge is -2.13. The maximum atomic E-state index is 11.3. The van der Waals surface area contributed by atoms with E-state index in [1.54, 1.807) is 13.1 Å². The van der Waals surface area contributed by atoms with Crippen LogP contribution in [0.15, 0.2) is 45.6 Å². The van der Waals surface area contributed by atoms with Gasteiger partial charge in [0.25, 0.3) is 0 Å². The predicted molar refractivity (Wildman–Crippen MR) is 98.6 cm³/mol. The molecular formula is C16H22N4O2S2. The maximum Gasteiger partial charge on any atom is 0.247 e. The molecule has 0 atom stereocenters. The van der Waals surface area contributed by atoms with E-state index in [1.165, 1.54) is 17.2 Å². The van der Waals surface area contributed by atoms with Crippen LogP contribution in [0.25, 0.3) is 0 Å². The van der Waals surface area contributed by atoms with Crippen LogP contribution in [0.5, 0.6) is 0 Å². The van der Waals surface area contributed by atoms with Gasteiger partial charge in [-0.3, -0.25) is 4.99 Å². The zero-order chi connectivity index (χ0) is 17.6. The fourth-order valence-corrected chi connectivity index (χ4v) is 3.97. The maximum absolute atomic E-state index is 11.3. The van der Waals surface area contributed by atoms with Gasteiger partial charge in [0, 0.05) is 18.5 Å². The molecule has 0 fully saturated rings. The number of primary sulfonamides is 1. The fourth-order valence-electron chi connectivity index (χ4n) is 2.25. The molecule has 0 aliphatic rings. The van der Waals surface area contributed by atoms with Gasteiger partial charge in [0.2, 0.25) is 10.0 Å². The molecule has 1 aromatic carbocycles. The lowest BCUT2D eigenvalue weighted by molar-refractivity contribution is 0.600. The summed E-state index contributed by atoms with van der Waals surface area (Å²) in [6, 6.07) is 11.5. The Morgan fingerprint density at radius 2 is 1.79 bits per heavy atom. The van der Waals surface area contributed by atoms with Crippen LogP contribution in [0, 0.1) is 0 Å². The number of benzene rings is 1. The van der Waals surface area contributed by atoms with Gasteiger partial charge in [-0.2, -0.15) is 0 Å². The van der Waals surface area contributed by atoms with E-state index in [0.717, 1.165) is 22.6 Å². The van der Waals surface area contributed by atoms with E-state index in [9.17, 15) is 8.42 Å². The molecular weight excluding hydrogens is 344 g/mol. The van der Waals surface area contributed by atoms with E-state index in [0.29, 0.717) is 19.0 Å². The van der Waals surface area contributed by atoms with Gasteiger partial charge in [-0.1, -0.05) is 31.2 Å². The minimum absolute atomic E-state index is 0.166. The van der Waals surface area contributed by atoms with Gasteiger partial charge in [-0.15, -0.1) is 11.3 Å². The number of hydrogen-bond donors (Lipinski definition) is 3. The molecule has 0 radical (unpaired) electrons. The summed E-state index contributed by atoms with van der Waals surface area (Å²) in [5.74, 6) is 0.659. The minimum atomic E-state index is -3.64. The second-order valence-electron chi connectivity index (χ2n) is 5.17. The van der Waals surface area contributed by atoms with E-state index in [-0.39, 0.29) is 4.21 Å². The van der Waals surface area contributed by atoms with Crippen LogP contribution in [0.1, 0.15) is 22.9 Å². The number of sulfonamides is 1. The molecule has 2 rings (SSSR count). The van der Waals surface area contributed by atoms with Gasteiger partial charge in [0.05, 0.1) is 6.54 Å². The molecule has 0 saturated heterocycles. The molecule has 0 saturated carbocycles. The topological polar surface area (TPSA) is 96.6 Å². The molecule has 0 aliphatic carbocycles. The third-order valence-electron chi connectivity index (χ3n) is 3.52. The van der Waals surface area contributed by atoms with Crippen molar-refractivity contribution in [2.45, 2.75) is 30.6 Å². The molecule has 0 amide bonds. The van der Waals surface area contributed by atoms with E-state index in [2.05, 4.69) is 34.7 Å². The summed E-state index contributed by atoms with van der Waals surface area (Å²) in [4.78, 5) is 5.06. The van der Waals surface area contributed by atoms with Crippen LogP contribution in [-0.4, -0.2) is 21.4 Å². The third kappa shape index (κ3) is 5.05. The van der Waals surface area contributed by atoms with Crippen molar-refractivity contribution >= 4 is 27.3 Å². The summed E-state index contributed by atoms with van der Waals surface area (Å²) in [5, 5.41) is 11.6. The highest BCUT2D eigenvalue weighted by Crippen LogP contribution is 2.19. The normalized spacial score (nSPS) is 12.2. The van der Waals surface area contributed by atoms with Crippen LogP contribution < -0.4 is 15.8 Å². The first-order valence-corrected chi connectivity index (χ1v) is 9.93. The monoisotopic (exact) mass is 366 g/mol. The van der Waals surface area contributed by atoms with E-state index in [4.69, 9.17) is 5.14 Å². The molecule has 2 aromatic rings. The number of nitrogens with one attached hydrogen (secondary N) is 2. The first-order chi connectivity index (χ1) is 11.4. The lowest BCUT2D eigenvalue weighted by Crippen LogP contribution is -2.36. The Morgan fingerprint density at radius 3 is 2.38 bits per heavy atom. The first kappa shape index (κ1) is 18.4. The third-order valence-corrected chi connectivity index (χ3v) is 6.04. The summed E-state index contributed by atoms with van der Waals surface area (Å²) >= 11 is 1.15. The number of guanidine groups is 1. The standard InChI is InChI=1S/C16H22N4O2S2/c1-3-12-6-4-5-7-13(12)10-19-16(18-2)20-11-14-8-9-15(23-14)24(17,21)22/h4-9H,3,10-11H2,1-2H3,(H2,17,21,22)(H2,18,19,20). The Kier molecular flexibility index (Phi) is 6.36. The molecule has 1 aromatic heterocycles. The Hall–Kier alpha value is -1.90. The van der Waals surface area contributed by atoms with Gasteiger partial charge in [-0.05, 0) is 29.7 Å². The number of nitrogens with two attached hydrogens (primary N) is 1. The van der Waals surface area contributed by atoms with Crippen LogP contribution >= 0.6 is 11.3 Å². The molecule has 130 valence electrons. The molecule has 0 aliphatic heterocycles. The SMILES string of the molecule is CCc1ccccc1CNC(=NC)NCc1ccc(S(N)(=O)=O)s1. The van der Waals surface area contributed by atoms with E-state index < -0.39 is 10.0 Å². The van der Waals surface area contributed by atoms with Crippen LogP contribution in [0.4, 0.5) is 0 Å². The van der Waals surface area contributed by atoms with Crippen molar-refractivity contribution in [3.05, 3.63) is 52.4 Å².